The number of rotatable bonds is 4. The summed E-state index contributed by atoms with van der Waals surface area (Å²) < 4.78 is 30.8. The van der Waals surface area contributed by atoms with Gasteiger partial charge in [-0.1, -0.05) is 30.3 Å². The third-order valence-electron chi connectivity index (χ3n) is 3.80. The second-order valence-corrected chi connectivity index (χ2v) is 5.22. The van der Waals surface area contributed by atoms with Crippen molar-refractivity contribution in [3.8, 4) is 5.75 Å². The first kappa shape index (κ1) is 15.3. The van der Waals surface area contributed by atoms with Crippen LogP contribution in [0, 0.1) is 0 Å². The van der Waals surface area contributed by atoms with Crippen LogP contribution in [0.3, 0.4) is 0 Å². The molecule has 2 aromatic rings. The monoisotopic (exact) mass is 318 g/mol. The maximum atomic E-state index is 12.8. The molecule has 120 valence electrons. The second kappa shape index (κ2) is 6.24. The molecule has 0 saturated carbocycles. The number of methoxy groups -OCH3 is 1. The van der Waals surface area contributed by atoms with Crippen LogP contribution in [-0.2, 0) is 0 Å². The topological polar surface area (TPSA) is 41.6 Å². The summed E-state index contributed by atoms with van der Waals surface area (Å²) in [7, 11) is 1.54. The lowest BCUT2D eigenvalue weighted by Gasteiger charge is -2.35. The van der Waals surface area contributed by atoms with Crippen LogP contribution in [0.4, 0.5) is 19.3 Å². The highest BCUT2D eigenvalue weighted by atomic mass is 19.3. The van der Waals surface area contributed by atoms with Gasteiger partial charge in [-0.25, -0.2) is 13.6 Å². The van der Waals surface area contributed by atoms with Crippen molar-refractivity contribution in [2.24, 2.45) is 0 Å². The number of amides is 2. The zero-order valence-electron chi connectivity index (χ0n) is 12.5. The lowest BCUT2D eigenvalue weighted by molar-refractivity contribution is 0.153. The summed E-state index contributed by atoms with van der Waals surface area (Å²) in [6, 6.07) is 13.5. The molecule has 6 heteroatoms. The minimum absolute atomic E-state index is 0.400. The molecule has 2 aromatic carbocycles. The van der Waals surface area contributed by atoms with Gasteiger partial charge >= 0.3 is 6.03 Å². The lowest BCUT2D eigenvalue weighted by atomic mass is 9.94. The zero-order valence-corrected chi connectivity index (χ0v) is 12.5. The van der Waals surface area contributed by atoms with Crippen molar-refractivity contribution >= 4 is 11.7 Å². The number of fused-ring (bicyclic) bond motifs is 1. The van der Waals surface area contributed by atoms with Crippen molar-refractivity contribution in [1.29, 1.82) is 0 Å². The SMILES string of the molecule is COc1ccc2c(c1)C(c1ccccc1)NC(=O)N2CC(F)F. The van der Waals surface area contributed by atoms with Crippen LogP contribution in [0.25, 0.3) is 0 Å². The molecule has 0 bridgehead atoms. The fourth-order valence-electron chi connectivity index (χ4n) is 2.75. The number of nitrogens with one attached hydrogen (secondary N) is 1. The van der Waals surface area contributed by atoms with Gasteiger partial charge < -0.3 is 10.1 Å². The Labute approximate surface area is 132 Å². The van der Waals surface area contributed by atoms with E-state index in [1.807, 2.05) is 30.3 Å². The van der Waals surface area contributed by atoms with Gasteiger partial charge in [-0.15, -0.1) is 0 Å². The summed E-state index contributed by atoms with van der Waals surface area (Å²) in [5.41, 5.74) is 2.09. The molecule has 1 aliphatic heterocycles. The Kier molecular flexibility index (Phi) is 4.14. The average Bonchev–Trinajstić information content (AvgIpc) is 2.57. The van der Waals surface area contributed by atoms with E-state index in [0.717, 1.165) is 16.0 Å². The summed E-state index contributed by atoms with van der Waals surface area (Å²) in [6.45, 7) is -0.646. The fraction of sp³-hybridized carbons (Fsp3) is 0.235. The van der Waals surface area contributed by atoms with E-state index >= 15 is 0 Å². The third kappa shape index (κ3) is 2.97. The number of alkyl halides is 2. The number of urea groups is 1. The first-order valence-electron chi connectivity index (χ1n) is 7.19. The molecular weight excluding hydrogens is 302 g/mol. The van der Waals surface area contributed by atoms with Crippen molar-refractivity contribution in [3.63, 3.8) is 0 Å². The summed E-state index contributed by atoms with van der Waals surface area (Å²) in [5, 5.41) is 2.79. The molecular formula is C17H16F2N2O2. The van der Waals surface area contributed by atoms with Crippen LogP contribution in [0.5, 0.6) is 5.75 Å². The third-order valence-corrected chi connectivity index (χ3v) is 3.80. The normalized spacial score (nSPS) is 17.0. The Balaban J connectivity index is 2.09. The Morgan fingerprint density at radius 3 is 2.61 bits per heavy atom. The number of carbonyl (C=O) groups is 1. The molecule has 1 N–H and O–H groups in total. The average molecular weight is 318 g/mol. The Morgan fingerprint density at radius 1 is 1.22 bits per heavy atom. The summed E-state index contributed by atoms with van der Waals surface area (Å²) >= 11 is 0. The van der Waals surface area contributed by atoms with Crippen molar-refractivity contribution in [3.05, 3.63) is 59.7 Å². The molecule has 1 heterocycles. The van der Waals surface area contributed by atoms with Gasteiger partial charge in [0.15, 0.2) is 0 Å². The summed E-state index contributed by atoms with van der Waals surface area (Å²) in [5.74, 6) is 0.609. The molecule has 0 aliphatic carbocycles. The first-order chi connectivity index (χ1) is 11.1. The van der Waals surface area contributed by atoms with E-state index in [2.05, 4.69) is 5.32 Å². The maximum Gasteiger partial charge on any atom is 0.322 e. The van der Waals surface area contributed by atoms with Gasteiger partial charge in [0.1, 0.15) is 5.75 Å². The van der Waals surface area contributed by atoms with Gasteiger partial charge in [0.05, 0.1) is 25.4 Å². The van der Waals surface area contributed by atoms with E-state index in [9.17, 15) is 13.6 Å². The highest BCUT2D eigenvalue weighted by Crippen LogP contribution is 2.37. The zero-order chi connectivity index (χ0) is 16.4. The Hall–Kier alpha value is -2.63. The predicted molar refractivity (Wildman–Crippen MR) is 83.2 cm³/mol. The molecule has 0 saturated heterocycles. The number of halogens is 2. The molecule has 2 amide bonds. The number of nitrogens with zero attached hydrogens (tertiary/aromatic N) is 1. The van der Waals surface area contributed by atoms with Crippen LogP contribution < -0.4 is 15.0 Å². The van der Waals surface area contributed by atoms with E-state index in [1.165, 1.54) is 7.11 Å². The maximum absolute atomic E-state index is 12.8. The number of carbonyl (C=O) groups excluding carboxylic acids is 1. The highest BCUT2D eigenvalue weighted by molar-refractivity contribution is 5.96. The number of hydrogen-bond donors (Lipinski definition) is 1. The molecule has 0 aromatic heterocycles. The minimum Gasteiger partial charge on any atom is -0.497 e. The number of anilines is 1. The molecule has 1 aliphatic rings. The van der Waals surface area contributed by atoms with E-state index in [4.69, 9.17) is 4.74 Å². The smallest absolute Gasteiger partial charge is 0.322 e. The van der Waals surface area contributed by atoms with Gasteiger partial charge in [-0.2, -0.15) is 0 Å². The molecule has 4 nitrogen and oxygen atoms in total. The van der Waals surface area contributed by atoms with E-state index in [-0.39, 0.29) is 0 Å². The molecule has 0 radical (unpaired) electrons. The molecule has 3 rings (SSSR count). The van der Waals surface area contributed by atoms with Crippen LogP contribution in [0.15, 0.2) is 48.5 Å². The highest BCUT2D eigenvalue weighted by Gasteiger charge is 2.33. The lowest BCUT2D eigenvalue weighted by Crippen LogP contribution is -2.48. The predicted octanol–water partition coefficient (Wildman–Crippen LogP) is 3.58. The van der Waals surface area contributed by atoms with Crippen LogP contribution in [0.2, 0.25) is 0 Å². The largest absolute Gasteiger partial charge is 0.497 e. The van der Waals surface area contributed by atoms with Crippen molar-refractivity contribution < 1.29 is 18.3 Å². The molecule has 0 fully saturated rings. The minimum atomic E-state index is -2.61. The van der Waals surface area contributed by atoms with E-state index < -0.39 is 25.0 Å². The molecule has 0 spiro atoms. The van der Waals surface area contributed by atoms with Gasteiger partial charge in [0.2, 0.25) is 0 Å². The summed E-state index contributed by atoms with van der Waals surface area (Å²) in [4.78, 5) is 13.3. The Bertz CT molecular complexity index is 707. The standard InChI is InChI=1S/C17H16F2N2O2/c1-23-12-7-8-14-13(9-12)16(11-5-3-2-4-6-11)20-17(22)21(14)10-15(18)19/h2-9,15-16H,10H2,1H3,(H,20,22). The molecule has 1 unspecified atom stereocenters. The second-order valence-electron chi connectivity index (χ2n) is 5.22. The fourth-order valence-corrected chi connectivity index (χ4v) is 2.75. The van der Waals surface area contributed by atoms with E-state index in [1.54, 1.807) is 18.2 Å². The van der Waals surface area contributed by atoms with Crippen LogP contribution in [0.1, 0.15) is 17.2 Å². The van der Waals surface area contributed by atoms with Gasteiger partial charge in [-0.3, -0.25) is 4.90 Å². The van der Waals surface area contributed by atoms with Crippen LogP contribution >= 0.6 is 0 Å². The van der Waals surface area contributed by atoms with Gasteiger partial charge in [-0.05, 0) is 23.8 Å². The first-order valence-corrected chi connectivity index (χ1v) is 7.19. The van der Waals surface area contributed by atoms with Crippen molar-refractivity contribution in [1.82, 2.24) is 5.32 Å². The van der Waals surface area contributed by atoms with E-state index in [0.29, 0.717) is 11.4 Å². The number of ether oxygens (including phenoxy) is 1. The molecule has 1 atom stereocenters. The van der Waals surface area contributed by atoms with Crippen LogP contribution in [-0.4, -0.2) is 26.1 Å². The van der Waals surface area contributed by atoms with Gasteiger partial charge in [0.25, 0.3) is 6.43 Å². The molecule has 23 heavy (non-hydrogen) atoms. The number of benzene rings is 2. The van der Waals surface area contributed by atoms with Gasteiger partial charge in [0, 0.05) is 5.56 Å². The van der Waals surface area contributed by atoms with Crippen molar-refractivity contribution in [2.45, 2.75) is 12.5 Å². The van der Waals surface area contributed by atoms with Crippen molar-refractivity contribution in [2.75, 3.05) is 18.6 Å². The quantitative estimate of drug-likeness (QED) is 0.936. The Morgan fingerprint density at radius 2 is 1.96 bits per heavy atom. The summed E-state index contributed by atoms with van der Waals surface area (Å²) in [6.07, 6.45) is -2.61. The number of hydrogen-bond acceptors (Lipinski definition) is 2.